The molecule has 1 heterocycles. The van der Waals surface area contributed by atoms with E-state index in [2.05, 4.69) is 22.4 Å². The molecule has 0 radical (unpaired) electrons. The maximum Gasteiger partial charge on any atom is 0.225 e. The van der Waals surface area contributed by atoms with Gasteiger partial charge in [0.2, 0.25) is 5.91 Å². The van der Waals surface area contributed by atoms with Gasteiger partial charge in [-0.25, -0.2) is 4.98 Å². The summed E-state index contributed by atoms with van der Waals surface area (Å²) in [5.41, 5.74) is 1.25. The number of rotatable bonds is 5. The van der Waals surface area contributed by atoms with Crippen molar-refractivity contribution < 1.29 is 4.79 Å². The van der Waals surface area contributed by atoms with Crippen molar-refractivity contribution in [2.24, 2.45) is 0 Å². The number of anilines is 1. The molecule has 1 N–H and O–H groups in total. The van der Waals surface area contributed by atoms with Gasteiger partial charge < -0.3 is 5.32 Å². The standard InChI is InChI=1S/C15H15ClN2O/c16-13-9-10-17-14(11-13)18-15(19)8-4-7-12-5-2-1-3-6-12/h1-3,5-6,9-11H,4,7-8H2,(H,17,18,19). The van der Waals surface area contributed by atoms with E-state index in [1.54, 1.807) is 18.3 Å². The number of amides is 1. The first-order valence-electron chi connectivity index (χ1n) is 6.19. The van der Waals surface area contributed by atoms with Crippen molar-refractivity contribution in [1.82, 2.24) is 4.98 Å². The molecule has 0 saturated carbocycles. The average Bonchev–Trinajstić information content (AvgIpc) is 2.40. The number of nitrogens with one attached hydrogen (secondary N) is 1. The molecule has 1 aromatic heterocycles. The smallest absolute Gasteiger partial charge is 0.225 e. The lowest BCUT2D eigenvalue weighted by atomic mass is 10.1. The van der Waals surface area contributed by atoms with Gasteiger partial charge in [0.15, 0.2) is 0 Å². The van der Waals surface area contributed by atoms with Gasteiger partial charge >= 0.3 is 0 Å². The average molecular weight is 275 g/mol. The van der Waals surface area contributed by atoms with Gasteiger partial charge in [-0.2, -0.15) is 0 Å². The van der Waals surface area contributed by atoms with E-state index in [0.717, 1.165) is 12.8 Å². The highest BCUT2D eigenvalue weighted by Crippen LogP contribution is 2.12. The van der Waals surface area contributed by atoms with Crippen LogP contribution in [-0.2, 0) is 11.2 Å². The summed E-state index contributed by atoms with van der Waals surface area (Å²) in [6, 6.07) is 13.4. The largest absolute Gasteiger partial charge is 0.311 e. The first kappa shape index (κ1) is 13.6. The Labute approximate surface area is 117 Å². The molecule has 2 aromatic rings. The molecule has 3 nitrogen and oxygen atoms in total. The van der Waals surface area contributed by atoms with Crippen molar-refractivity contribution in [3.63, 3.8) is 0 Å². The molecule has 0 aliphatic rings. The highest BCUT2D eigenvalue weighted by molar-refractivity contribution is 6.30. The zero-order chi connectivity index (χ0) is 13.5. The minimum Gasteiger partial charge on any atom is -0.311 e. The van der Waals surface area contributed by atoms with Gasteiger partial charge in [0.1, 0.15) is 5.82 Å². The molecule has 4 heteroatoms. The minimum atomic E-state index is -0.0364. The molecule has 0 aliphatic heterocycles. The number of benzene rings is 1. The molecule has 0 bridgehead atoms. The van der Waals surface area contributed by atoms with Crippen LogP contribution in [0.5, 0.6) is 0 Å². The van der Waals surface area contributed by atoms with Crippen LogP contribution in [0.3, 0.4) is 0 Å². The van der Waals surface area contributed by atoms with Crippen molar-refractivity contribution >= 4 is 23.3 Å². The van der Waals surface area contributed by atoms with Crippen molar-refractivity contribution in [1.29, 1.82) is 0 Å². The number of pyridine rings is 1. The second-order valence-corrected chi connectivity index (χ2v) is 4.68. The van der Waals surface area contributed by atoms with Crippen LogP contribution in [0.15, 0.2) is 48.7 Å². The zero-order valence-electron chi connectivity index (χ0n) is 10.5. The van der Waals surface area contributed by atoms with Crippen molar-refractivity contribution in [3.05, 3.63) is 59.2 Å². The Morgan fingerprint density at radius 2 is 2.00 bits per heavy atom. The van der Waals surface area contributed by atoms with E-state index in [4.69, 9.17) is 11.6 Å². The van der Waals surface area contributed by atoms with Crippen LogP contribution in [0, 0.1) is 0 Å². The molecule has 0 aliphatic carbocycles. The fourth-order valence-corrected chi connectivity index (χ4v) is 1.94. The topological polar surface area (TPSA) is 42.0 Å². The fourth-order valence-electron chi connectivity index (χ4n) is 1.78. The van der Waals surface area contributed by atoms with Gasteiger partial charge in [-0.3, -0.25) is 4.79 Å². The Bertz CT molecular complexity index is 543. The monoisotopic (exact) mass is 274 g/mol. The molecule has 0 fully saturated rings. The van der Waals surface area contributed by atoms with Gasteiger partial charge in [0.25, 0.3) is 0 Å². The normalized spacial score (nSPS) is 10.2. The third-order valence-corrected chi connectivity index (χ3v) is 2.94. The molecule has 0 saturated heterocycles. The first-order chi connectivity index (χ1) is 9.24. The zero-order valence-corrected chi connectivity index (χ0v) is 11.2. The highest BCUT2D eigenvalue weighted by atomic mass is 35.5. The summed E-state index contributed by atoms with van der Waals surface area (Å²) in [6.07, 6.45) is 3.76. The first-order valence-corrected chi connectivity index (χ1v) is 6.57. The van der Waals surface area contributed by atoms with Crippen LogP contribution < -0.4 is 5.32 Å². The Hall–Kier alpha value is -1.87. The van der Waals surface area contributed by atoms with Gasteiger partial charge in [0, 0.05) is 17.6 Å². The van der Waals surface area contributed by atoms with E-state index in [1.165, 1.54) is 5.56 Å². The molecular formula is C15H15ClN2O. The molecule has 1 amide bonds. The molecule has 2 rings (SSSR count). The number of aryl methyl sites for hydroxylation is 1. The van der Waals surface area contributed by atoms with E-state index >= 15 is 0 Å². The maximum atomic E-state index is 11.7. The molecule has 0 atom stereocenters. The van der Waals surface area contributed by atoms with E-state index in [9.17, 15) is 4.79 Å². The van der Waals surface area contributed by atoms with Crippen LogP contribution in [0.4, 0.5) is 5.82 Å². The Balaban J connectivity index is 1.76. The predicted octanol–water partition coefficient (Wildman–Crippen LogP) is 3.70. The van der Waals surface area contributed by atoms with Crippen LogP contribution in [0.2, 0.25) is 5.02 Å². The Morgan fingerprint density at radius 3 is 2.74 bits per heavy atom. The van der Waals surface area contributed by atoms with Crippen LogP contribution in [-0.4, -0.2) is 10.9 Å². The minimum absolute atomic E-state index is 0.0364. The van der Waals surface area contributed by atoms with Crippen LogP contribution in [0.25, 0.3) is 0 Å². The highest BCUT2D eigenvalue weighted by Gasteiger charge is 2.03. The number of carbonyl (C=O) groups excluding carboxylic acids is 1. The van der Waals surface area contributed by atoms with E-state index in [-0.39, 0.29) is 5.91 Å². The van der Waals surface area contributed by atoms with Crippen molar-refractivity contribution in [2.75, 3.05) is 5.32 Å². The second-order valence-electron chi connectivity index (χ2n) is 4.25. The number of hydrogen-bond donors (Lipinski definition) is 1. The third kappa shape index (κ3) is 4.72. The molecular weight excluding hydrogens is 260 g/mol. The summed E-state index contributed by atoms with van der Waals surface area (Å²) >= 11 is 5.82. The van der Waals surface area contributed by atoms with E-state index in [0.29, 0.717) is 17.3 Å². The quantitative estimate of drug-likeness (QED) is 0.903. The van der Waals surface area contributed by atoms with Gasteiger partial charge in [0.05, 0.1) is 0 Å². The lowest BCUT2D eigenvalue weighted by Crippen LogP contribution is -2.12. The molecule has 0 spiro atoms. The number of aromatic nitrogens is 1. The summed E-state index contributed by atoms with van der Waals surface area (Å²) in [5.74, 6) is 0.461. The summed E-state index contributed by atoms with van der Waals surface area (Å²) in [5, 5.41) is 3.30. The van der Waals surface area contributed by atoms with Crippen molar-refractivity contribution in [3.8, 4) is 0 Å². The Morgan fingerprint density at radius 1 is 1.21 bits per heavy atom. The number of hydrogen-bond acceptors (Lipinski definition) is 2. The van der Waals surface area contributed by atoms with Gasteiger partial charge in [-0.15, -0.1) is 0 Å². The SMILES string of the molecule is O=C(CCCc1ccccc1)Nc1cc(Cl)ccn1. The molecule has 1 aromatic carbocycles. The lowest BCUT2D eigenvalue weighted by Gasteiger charge is -2.04. The lowest BCUT2D eigenvalue weighted by molar-refractivity contribution is -0.116. The summed E-state index contributed by atoms with van der Waals surface area (Å²) in [6.45, 7) is 0. The Kier molecular flexibility index (Phi) is 4.93. The number of halogens is 1. The molecule has 0 unspecified atom stereocenters. The summed E-state index contributed by atoms with van der Waals surface area (Å²) < 4.78 is 0. The van der Waals surface area contributed by atoms with Gasteiger partial charge in [-0.05, 0) is 30.5 Å². The molecule has 98 valence electrons. The molecule has 19 heavy (non-hydrogen) atoms. The van der Waals surface area contributed by atoms with Crippen molar-refractivity contribution in [2.45, 2.75) is 19.3 Å². The van der Waals surface area contributed by atoms with Crippen LogP contribution >= 0.6 is 11.6 Å². The van der Waals surface area contributed by atoms with E-state index < -0.39 is 0 Å². The third-order valence-electron chi connectivity index (χ3n) is 2.70. The van der Waals surface area contributed by atoms with E-state index in [1.807, 2.05) is 18.2 Å². The predicted molar refractivity (Wildman–Crippen MR) is 77.3 cm³/mol. The number of nitrogens with zero attached hydrogens (tertiary/aromatic N) is 1. The maximum absolute atomic E-state index is 11.7. The number of carbonyl (C=O) groups is 1. The summed E-state index contributed by atoms with van der Waals surface area (Å²) in [7, 11) is 0. The summed E-state index contributed by atoms with van der Waals surface area (Å²) in [4.78, 5) is 15.7. The second kappa shape index (κ2) is 6.90. The van der Waals surface area contributed by atoms with Crippen LogP contribution in [0.1, 0.15) is 18.4 Å². The fraction of sp³-hybridized carbons (Fsp3) is 0.200. The van der Waals surface area contributed by atoms with Gasteiger partial charge in [-0.1, -0.05) is 41.9 Å².